The fraction of sp³-hybridized carbons (Fsp3) is 0.133. The van der Waals surface area contributed by atoms with Crippen molar-refractivity contribution in [3.05, 3.63) is 40.5 Å². The molecule has 0 fully saturated rings. The molecule has 0 saturated carbocycles. The van der Waals surface area contributed by atoms with Gasteiger partial charge in [-0.3, -0.25) is 0 Å². The number of hydrogen-bond acceptors (Lipinski definition) is 6. The number of anilines is 2. The molecule has 0 amide bonds. The number of phenols is 1. The molecule has 0 bridgehead atoms. The molecule has 3 aromatic rings. The number of aromatic nitrogens is 2. The summed E-state index contributed by atoms with van der Waals surface area (Å²) in [4.78, 5) is 20.4. The second-order valence-electron chi connectivity index (χ2n) is 4.91. The van der Waals surface area contributed by atoms with Crippen LogP contribution in [0.3, 0.4) is 0 Å². The lowest BCUT2D eigenvalue weighted by Crippen LogP contribution is -1.97. The number of benzene rings is 1. The Bertz CT molecular complexity index is 889. The van der Waals surface area contributed by atoms with E-state index in [2.05, 4.69) is 15.3 Å². The van der Waals surface area contributed by atoms with E-state index in [0.29, 0.717) is 27.3 Å². The third kappa shape index (κ3) is 2.35. The molecule has 3 N–H and O–H groups in total. The van der Waals surface area contributed by atoms with Gasteiger partial charge in [0.15, 0.2) is 0 Å². The van der Waals surface area contributed by atoms with Crippen molar-refractivity contribution in [2.24, 2.45) is 0 Å². The summed E-state index contributed by atoms with van der Waals surface area (Å²) in [5.41, 5.74) is 2.11. The SMILES string of the molecule is Cc1ccc(O)c(Nc2ncnc3sc(C(=O)O)c(C)c23)c1. The van der Waals surface area contributed by atoms with Crippen LogP contribution in [-0.2, 0) is 0 Å². The van der Waals surface area contributed by atoms with Crippen LogP contribution in [-0.4, -0.2) is 26.2 Å². The first-order valence-corrected chi connectivity index (χ1v) is 7.33. The lowest BCUT2D eigenvalue weighted by molar-refractivity contribution is 0.0701. The highest BCUT2D eigenvalue weighted by Crippen LogP contribution is 2.36. The minimum atomic E-state index is -0.982. The topological polar surface area (TPSA) is 95.3 Å². The minimum absolute atomic E-state index is 0.101. The number of fused-ring (bicyclic) bond motifs is 1. The van der Waals surface area contributed by atoms with Crippen molar-refractivity contribution in [2.45, 2.75) is 13.8 Å². The first-order chi connectivity index (χ1) is 10.5. The summed E-state index contributed by atoms with van der Waals surface area (Å²) < 4.78 is 0. The van der Waals surface area contributed by atoms with Crippen molar-refractivity contribution in [3.8, 4) is 5.75 Å². The number of phenolic OH excluding ortho intramolecular Hbond substituents is 1. The second-order valence-corrected chi connectivity index (χ2v) is 5.91. The maximum atomic E-state index is 11.3. The van der Waals surface area contributed by atoms with E-state index >= 15 is 0 Å². The van der Waals surface area contributed by atoms with Crippen molar-refractivity contribution < 1.29 is 15.0 Å². The predicted molar refractivity (Wildman–Crippen MR) is 85.2 cm³/mol. The predicted octanol–water partition coefficient (Wildman–Crippen LogP) is 3.46. The van der Waals surface area contributed by atoms with E-state index in [0.717, 1.165) is 16.9 Å². The third-order valence-electron chi connectivity index (χ3n) is 3.33. The Kier molecular flexibility index (Phi) is 3.42. The van der Waals surface area contributed by atoms with Gasteiger partial charge in [-0.25, -0.2) is 14.8 Å². The first-order valence-electron chi connectivity index (χ1n) is 6.51. The van der Waals surface area contributed by atoms with E-state index in [9.17, 15) is 15.0 Å². The van der Waals surface area contributed by atoms with E-state index in [1.165, 1.54) is 6.33 Å². The lowest BCUT2D eigenvalue weighted by atomic mass is 10.2. The number of nitrogens with zero attached hydrogens (tertiary/aromatic N) is 2. The Balaban J connectivity index is 2.15. The van der Waals surface area contributed by atoms with E-state index in [4.69, 9.17) is 0 Å². The highest BCUT2D eigenvalue weighted by atomic mass is 32.1. The molecule has 112 valence electrons. The summed E-state index contributed by atoms with van der Waals surface area (Å²) >= 11 is 1.11. The maximum Gasteiger partial charge on any atom is 0.346 e. The smallest absolute Gasteiger partial charge is 0.346 e. The molecule has 0 aliphatic heterocycles. The zero-order chi connectivity index (χ0) is 15.9. The van der Waals surface area contributed by atoms with Crippen LogP contribution in [0, 0.1) is 13.8 Å². The van der Waals surface area contributed by atoms with Crippen LogP contribution in [0.1, 0.15) is 20.8 Å². The fourth-order valence-corrected chi connectivity index (χ4v) is 3.24. The number of thiophene rings is 1. The zero-order valence-corrected chi connectivity index (χ0v) is 12.7. The van der Waals surface area contributed by atoms with Crippen LogP contribution in [0.2, 0.25) is 0 Å². The standard InChI is InChI=1S/C15H13N3O3S/c1-7-3-4-10(19)9(5-7)18-13-11-8(2)12(15(20)21)22-14(11)17-6-16-13/h3-6,19H,1-2H3,(H,20,21)(H,16,17,18). The van der Waals surface area contributed by atoms with Crippen molar-refractivity contribution in [3.63, 3.8) is 0 Å². The number of carboxylic acid groups (broad SMARTS) is 1. The van der Waals surface area contributed by atoms with Crippen molar-refractivity contribution in [1.82, 2.24) is 9.97 Å². The van der Waals surface area contributed by atoms with Crippen LogP contribution < -0.4 is 5.32 Å². The Labute approximate surface area is 130 Å². The summed E-state index contributed by atoms with van der Waals surface area (Å²) in [5.74, 6) is -0.402. The Morgan fingerprint density at radius 3 is 2.77 bits per heavy atom. The molecule has 0 aliphatic rings. The van der Waals surface area contributed by atoms with Gasteiger partial charge >= 0.3 is 5.97 Å². The van der Waals surface area contributed by atoms with Crippen LogP contribution >= 0.6 is 11.3 Å². The molecule has 22 heavy (non-hydrogen) atoms. The van der Waals surface area contributed by atoms with Gasteiger partial charge in [0.05, 0.1) is 11.1 Å². The number of aryl methyl sites for hydroxylation is 2. The van der Waals surface area contributed by atoms with Gasteiger partial charge in [-0.1, -0.05) is 6.07 Å². The van der Waals surface area contributed by atoms with E-state index in [-0.39, 0.29) is 10.6 Å². The number of rotatable bonds is 3. The molecule has 1 aromatic carbocycles. The quantitative estimate of drug-likeness (QED) is 0.641. The minimum Gasteiger partial charge on any atom is -0.506 e. The molecule has 2 heterocycles. The summed E-state index contributed by atoms with van der Waals surface area (Å²) in [5, 5.41) is 22.9. The molecule has 0 saturated heterocycles. The molecule has 6 nitrogen and oxygen atoms in total. The molecule has 2 aromatic heterocycles. The second kappa shape index (κ2) is 5.27. The number of nitrogens with one attached hydrogen (secondary N) is 1. The van der Waals surface area contributed by atoms with E-state index in [1.54, 1.807) is 25.1 Å². The molecule has 3 rings (SSSR count). The molecular formula is C15H13N3O3S. The third-order valence-corrected chi connectivity index (χ3v) is 4.51. The van der Waals surface area contributed by atoms with Gasteiger partial charge < -0.3 is 15.5 Å². The van der Waals surface area contributed by atoms with Gasteiger partial charge in [-0.15, -0.1) is 11.3 Å². The molecule has 0 spiro atoms. The highest BCUT2D eigenvalue weighted by Gasteiger charge is 2.19. The van der Waals surface area contributed by atoms with Crippen molar-refractivity contribution >= 4 is 39.0 Å². The lowest BCUT2D eigenvalue weighted by Gasteiger charge is -2.09. The number of aromatic hydroxyl groups is 1. The summed E-state index contributed by atoms with van der Waals surface area (Å²) in [7, 11) is 0. The molecule has 0 unspecified atom stereocenters. The van der Waals surface area contributed by atoms with Gasteiger partial charge in [-0.05, 0) is 37.1 Å². The molecule has 7 heteroatoms. The maximum absolute atomic E-state index is 11.3. The summed E-state index contributed by atoms with van der Waals surface area (Å²) in [6, 6.07) is 5.19. The number of aromatic carboxylic acids is 1. The largest absolute Gasteiger partial charge is 0.506 e. The average molecular weight is 315 g/mol. The van der Waals surface area contributed by atoms with E-state index < -0.39 is 5.97 Å². The molecule has 0 aliphatic carbocycles. The van der Waals surface area contributed by atoms with Gasteiger partial charge in [-0.2, -0.15) is 0 Å². The molecule has 0 atom stereocenters. The summed E-state index contributed by atoms with van der Waals surface area (Å²) in [6.07, 6.45) is 1.37. The van der Waals surface area contributed by atoms with Gasteiger partial charge in [0.1, 0.15) is 27.6 Å². The average Bonchev–Trinajstić information content (AvgIpc) is 2.81. The van der Waals surface area contributed by atoms with Gasteiger partial charge in [0, 0.05) is 0 Å². The molecule has 0 radical (unpaired) electrons. The number of carboxylic acids is 1. The van der Waals surface area contributed by atoms with Crippen LogP contribution in [0.25, 0.3) is 10.2 Å². The fourth-order valence-electron chi connectivity index (χ4n) is 2.25. The number of hydrogen-bond donors (Lipinski definition) is 3. The first kappa shape index (κ1) is 14.3. The monoisotopic (exact) mass is 315 g/mol. The number of carbonyl (C=O) groups is 1. The van der Waals surface area contributed by atoms with Crippen LogP contribution in [0.4, 0.5) is 11.5 Å². The van der Waals surface area contributed by atoms with Crippen molar-refractivity contribution in [1.29, 1.82) is 0 Å². The van der Waals surface area contributed by atoms with Gasteiger partial charge in [0.2, 0.25) is 0 Å². The zero-order valence-electron chi connectivity index (χ0n) is 11.9. The van der Waals surface area contributed by atoms with E-state index in [1.807, 2.05) is 6.92 Å². The Hall–Kier alpha value is -2.67. The van der Waals surface area contributed by atoms with Crippen molar-refractivity contribution in [2.75, 3.05) is 5.32 Å². The Morgan fingerprint density at radius 2 is 2.05 bits per heavy atom. The normalized spacial score (nSPS) is 10.8. The van der Waals surface area contributed by atoms with Crippen LogP contribution in [0.15, 0.2) is 24.5 Å². The molecular weight excluding hydrogens is 302 g/mol. The Morgan fingerprint density at radius 1 is 1.27 bits per heavy atom. The van der Waals surface area contributed by atoms with Gasteiger partial charge in [0.25, 0.3) is 0 Å². The summed E-state index contributed by atoms with van der Waals surface area (Å²) in [6.45, 7) is 3.64. The van der Waals surface area contributed by atoms with Crippen LogP contribution in [0.5, 0.6) is 5.75 Å². The highest BCUT2D eigenvalue weighted by molar-refractivity contribution is 7.20.